The largest absolute Gasteiger partial charge is 0.362 e. The van der Waals surface area contributed by atoms with Crippen LogP contribution in [0, 0.1) is 5.92 Å². The first-order valence-corrected chi connectivity index (χ1v) is 7.44. The smallest absolute Gasteiger partial charge is 0.182 e. The van der Waals surface area contributed by atoms with E-state index < -0.39 is 0 Å². The summed E-state index contributed by atoms with van der Waals surface area (Å²) >= 11 is 1.73. The monoisotopic (exact) mass is 238 g/mol. The molecule has 16 heavy (non-hydrogen) atoms. The molecular weight excluding hydrogens is 216 g/mol. The van der Waals surface area contributed by atoms with Crippen LogP contribution in [-0.4, -0.2) is 11.5 Å². The van der Waals surface area contributed by atoms with Crippen molar-refractivity contribution < 1.29 is 0 Å². The Hall–Kier alpha value is -0.570. The molecule has 1 aliphatic rings. The van der Waals surface area contributed by atoms with E-state index in [1.165, 1.54) is 44.2 Å². The summed E-state index contributed by atoms with van der Waals surface area (Å²) < 4.78 is 0. The van der Waals surface area contributed by atoms with Crippen LogP contribution in [0.5, 0.6) is 0 Å². The SMILES string of the molecule is CCc1csc(NCCCC2CCCC2)n1. The van der Waals surface area contributed by atoms with Gasteiger partial charge in [-0.25, -0.2) is 4.98 Å². The molecule has 2 nitrogen and oxygen atoms in total. The first kappa shape index (κ1) is 11.9. The predicted molar refractivity (Wildman–Crippen MR) is 71.2 cm³/mol. The fraction of sp³-hybridized carbons (Fsp3) is 0.769. The Kier molecular flexibility index (Phi) is 4.64. The van der Waals surface area contributed by atoms with Crippen LogP contribution in [0.15, 0.2) is 5.38 Å². The summed E-state index contributed by atoms with van der Waals surface area (Å²) in [7, 11) is 0. The molecule has 0 spiro atoms. The molecule has 2 rings (SSSR count). The average Bonchev–Trinajstić information content (AvgIpc) is 2.95. The van der Waals surface area contributed by atoms with Gasteiger partial charge in [-0.1, -0.05) is 32.6 Å². The third kappa shape index (κ3) is 3.48. The van der Waals surface area contributed by atoms with Crippen molar-refractivity contribution in [1.82, 2.24) is 4.98 Å². The zero-order valence-electron chi connectivity index (χ0n) is 10.2. The molecule has 0 aromatic carbocycles. The molecule has 0 unspecified atom stereocenters. The molecule has 1 fully saturated rings. The van der Waals surface area contributed by atoms with Gasteiger partial charge in [-0.2, -0.15) is 0 Å². The first-order chi connectivity index (χ1) is 7.88. The third-order valence-electron chi connectivity index (χ3n) is 3.45. The molecule has 0 aliphatic heterocycles. The number of rotatable bonds is 6. The molecule has 1 heterocycles. The highest BCUT2D eigenvalue weighted by Gasteiger charge is 2.13. The van der Waals surface area contributed by atoms with Gasteiger partial charge in [0.2, 0.25) is 0 Å². The zero-order valence-corrected chi connectivity index (χ0v) is 11.0. The minimum absolute atomic E-state index is 1.02. The maximum Gasteiger partial charge on any atom is 0.182 e. The van der Waals surface area contributed by atoms with E-state index in [2.05, 4.69) is 22.6 Å². The van der Waals surface area contributed by atoms with Crippen molar-refractivity contribution in [2.45, 2.75) is 51.9 Å². The molecule has 1 saturated carbocycles. The van der Waals surface area contributed by atoms with E-state index in [0.29, 0.717) is 0 Å². The Balaban J connectivity index is 1.60. The van der Waals surface area contributed by atoms with Gasteiger partial charge in [0.05, 0.1) is 5.69 Å². The Morgan fingerprint density at radius 1 is 1.44 bits per heavy atom. The van der Waals surface area contributed by atoms with Gasteiger partial charge >= 0.3 is 0 Å². The predicted octanol–water partition coefficient (Wildman–Crippen LogP) is 4.09. The van der Waals surface area contributed by atoms with Crippen molar-refractivity contribution in [2.24, 2.45) is 5.92 Å². The van der Waals surface area contributed by atoms with Crippen molar-refractivity contribution in [3.63, 3.8) is 0 Å². The fourth-order valence-electron chi connectivity index (χ4n) is 2.44. The molecule has 3 heteroatoms. The molecule has 0 atom stereocenters. The van der Waals surface area contributed by atoms with E-state index in [9.17, 15) is 0 Å². The van der Waals surface area contributed by atoms with E-state index in [1.807, 2.05) is 0 Å². The molecule has 0 bridgehead atoms. The van der Waals surface area contributed by atoms with Gasteiger partial charge in [0.25, 0.3) is 0 Å². The summed E-state index contributed by atoms with van der Waals surface area (Å²) in [6.45, 7) is 3.24. The Labute approximate surface area is 102 Å². The average molecular weight is 238 g/mol. The lowest BCUT2D eigenvalue weighted by molar-refractivity contribution is 0.491. The highest BCUT2D eigenvalue weighted by molar-refractivity contribution is 7.13. The van der Waals surface area contributed by atoms with E-state index in [4.69, 9.17) is 0 Å². The molecular formula is C13H22N2S. The topological polar surface area (TPSA) is 24.9 Å². The normalized spacial score (nSPS) is 16.8. The third-order valence-corrected chi connectivity index (χ3v) is 4.30. The Morgan fingerprint density at radius 2 is 2.25 bits per heavy atom. The second-order valence-electron chi connectivity index (χ2n) is 4.72. The van der Waals surface area contributed by atoms with Crippen LogP contribution in [0.1, 0.15) is 51.1 Å². The van der Waals surface area contributed by atoms with Crippen molar-refractivity contribution in [2.75, 3.05) is 11.9 Å². The molecule has 0 radical (unpaired) electrons. The van der Waals surface area contributed by atoms with Gasteiger partial charge < -0.3 is 5.32 Å². The van der Waals surface area contributed by atoms with E-state index in [0.717, 1.165) is 24.0 Å². The molecule has 0 saturated heterocycles. The molecule has 1 aliphatic carbocycles. The summed E-state index contributed by atoms with van der Waals surface area (Å²) in [5, 5.41) is 6.68. The molecule has 1 aromatic heterocycles. The summed E-state index contributed by atoms with van der Waals surface area (Å²) in [6, 6.07) is 0. The molecule has 0 amide bonds. The lowest BCUT2D eigenvalue weighted by Crippen LogP contribution is -2.04. The quantitative estimate of drug-likeness (QED) is 0.755. The van der Waals surface area contributed by atoms with E-state index >= 15 is 0 Å². The number of anilines is 1. The summed E-state index contributed by atoms with van der Waals surface area (Å²) in [4.78, 5) is 4.51. The van der Waals surface area contributed by atoms with Crippen LogP contribution in [0.3, 0.4) is 0 Å². The zero-order chi connectivity index (χ0) is 11.2. The van der Waals surface area contributed by atoms with Crippen molar-refractivity contribution in [1.29, 1.82) is 0 Å². The number of aromatic nitrogens is 1. The van der Waals surface area contributed by atoms with Crippen molar-refractivity contribution in [3.8, 4) is 0 Å². The van der Waals surface area contributed by atoms with Crippen molar-refractivity contribution in [3.05, 3.63) is 11.1 Å². The Morgan fingerprint density at radius 3 is 2.94 bits per heavy atom. The van der Waals surface area contributed by atoms with Gasteiger partial charge in [-0.15, -0.1) is 11.3 Å². The highest BCUT2D eigenvalue weighted by atomic mass is 32.1. The Bertz CT molecular complexity index is 303. The van der Waals surface area contributed by atoms with Crippen LogP contribution in [0.2, 0.25) is 0 Å². The lowest BCUT2D eigenvalue weighted by atomic mass is 10.0. The highest BCUT2D eigenvalue weighted by Crippen LogP contribution is 2.28. The minimum Gasteiger partial charge on any atom is -0.362 e. The van der Waals surface area contributed by atoms with E-state index in [-0.39, 0.29) is 0 Å². The summed E-state index contributed by atoms with van der Waals surface area (Å²) in [5.74, 6) is 1.02. The van der Waals surface area contributed by atoms with Crippen LogP contribution >= 0.6 is 11.3 Å². The second-order valence-corrected chi connectivity index (χ2v) is 5.58. The molecule has 1 aromatic rings. The van der Waals surface area contributed by atoms with Crippen LogP contribution in [-0.2, 0) is 6.42 Å². The molecule has 90 valence electrons. The van der Waals surface area contributed by atoms with Crippen molar-refractivity contribution >= 4 is 16.5 Å². The maximum absolute atomic E-state index is 4.51. The van der Waals surface area contributed by atoms with Crippen LogP contribution in [0.25, 0.3) is 0 Å². The lowest BCUT2D eigenvalue weighted by Gasteiger charge is -2.08. The molecule has 1 N–H and O–H groups in total. The number of hydrogen-bond acceptors (Lipinski definition) is 3. The second kappa shape index (κ2) is 6.24. The van der Waals surface area contributed by atoms with E-state index in [1.54, 1.807) is 11.3 Å². The number of nitrogens with one attached hydrogen (secondary N) is 1. The minimum atomic E-state index is 1.02. The van der Waals surface area contributed by atoms with Gasteiger partial charge in [-0.3, -0.25) is 0 Å². The van der Waals surface area contributed by atoms with Gasteiger partial charge in [0.1, 0.15) is 0 Å². The maximum atomic E-state index is 4.51. The number of hydrogen-bond donors (Lipinski definition) is 1. The van der Waals surface area contributed by atoms with Crippen LogP contribution in [0.4, 0.5) is 5.13 Å². The number of nitrogens with zero attached hydrogens (tertiary/aromatic N) is 1. The van der Waals surface area contributed by atoms with Crippen LogP contribution < -0.4 is 5.32 Å². The van der Waals surface area contributed by atoms with Gasteiger partial charge in [0, 0.05) is 11.9 Å². The van der Waals surface area contributed by atoms with Gasteiger partial charge in [-0.05, 0) is 25.2 Å². The number of thiazole rings is 1. The van der Waals surface area contributed by atoms with Gasteiger partial charge in [0.15, 0.2) is 5.13 Å². The summed E-state index contributed by atoms with van der Waals surface area (Å²) in [5.41, 5.74) is 1.21. The number of aryl methyl sites for hydroxylation is 1. The fourth-order valence-corrected chi connectivity index (χ4v) is 3.26. The first-order valence-electron chi connectivity index (χ1n) is 6.56. The summed E-state index contributed by atoms with van der Waals surface area (Å²) in [6.07, 6.45) is 9.61. The standard InChI is InChI=1S/C13H22N2S/c1-2-12-10-16-13(15-12)14-9-5-8-11-6-3-4-7-11/h10-11H,2-9H2,1H3,(H,14,15).